The number of rotatable bonds is 4. The summed E-state index contributed by atoms with van der Waals surface area (Å²) in [6, 6.07) is 5.03. The molecule has 5 nitrogen and oxygen atoms in total. The molecule has 1 heterocycles. The predicted molar refractivity (Wildman–Crippen MR) is 88.7 cm³/mol. The lowest BCUT2D eigenvalue weighted by Crippen LogP contribution is -2.12. The number of ether oxygens (including phenoxy) is 2. The summed E-state index contributed by atoms with van der Waals surface area (Å²) >= 11 is 12.9. The van der Waals surface area contributed by atoms with Gasteiger partial charge in [-0.2, -0.15) is 0 Å². The van der Waals surface area contributed by atoms with Crippen LogP contribution in [0.5, 0.6) is 17.4 Å². The van der Waals surface area contributed by atoms with E-state index in [0.29, 0.717) is 21.5 Å². The Kier molecular flexibility index (Phi) is 5.08. The van der Waals surface area contributed by atoms with E-state index in [9.17, 15) is 0 Å². The fourth-order valence-corrected chi connectivity index (χ4v) is 2.69. The summed E-state index contributed by atoms with van der Waals surface area (Å²) < 4.78 is 12.3. The van der Waals surface area contributed by atoms with E-state index < -0.39 is 0 Å². The van der Waals surface area contributed by atoms with Gasteiger partial charge in [-0.3, -0.25) is 5.41 Å². The van der Waals surface area contributed by atoms with E-state index in [1.54, 1.807) is 25.3 Å². The van der Waals surface area contributed by atoms with Gasteiger partial charge in [0.25, 0.3) is 0 Å². The Hall–Kier alpha value is -1.31. The highest BCUT2D eigenvalue weighted by molar-refractivity contribution is 9.11. The van der Waals surface area contributed by atoms with E-state index in [1.165, 1.54) is 6.20 Å². The molecule has 0 spiro atoms. The van der Waals surface area contributed by atoms with Crippen molar-refractivity contribution in [2.75, 3.05) is 7.11 Å². The summed E-state index contributed by atoms with van der Waals surface area (Å²) in [7, 11) is 1.57. The van der Waals surface area contributed by atoms with Crippen LogP contribution in [0.25, 0.3) is 0 Å². The highest BCUT2D eigenvalue weighted by Crippen LogP contribution is 2.39. The van der Waals surface area contributed by atoms with Crippen LogP contribution < -0.4 is 15.2 Å². The van der Waals surface area contributed by atoms with Gasteiger partial charge >= 0.3 is 0 Å². The summed E-state index contributed by atoms with van der Waals surface area (Å²) in [5.74, 6) is 1.17. The Balaban J connectivity index is 2.41. The molecule has 0 aliphatic carbocycles. The Bertz CT molecular complexity index is 710. The number of hydrogen-bond acceptors (Lipinski definition) is 4. The van der Waals surface area contributed by atoms with Crippen molar-refractivity contribution in [1.29, 1.82) is 5.41 Å². The second kappa shape index (κ2) is 6.64. The molecule has 0 aliphatic rings. The maximum atomic E-state index is 7.46. The standard InChI is InChI=1S/C13H10Br2ClN3O2/c1-20-9-4-8(15)10(5-7(9)14)21-13-11(16)6(12(17)18)2-3-19-13/h2-5H,1H3,(H3,17,18). The average Bonchev–Trinajstić information content (AvgIpc) is 2.44. The van der Waals surface area contributed by atoms with Crippen LogP contribution in [-0.4, -0.2) is 17.9 Å². The summed E-state index contributed by atoms with van der Waals surface area (Å²) in [4.78, 5) is 4.06. The zero-order valence-electron chi connectivity index (χ0n) is 10.8. The topological polar surface area (TPSA) is 81.2 Å². The Labute approximate surface area is 143 Å². The van der Waals surface area contributed by atoms with Crippen molar-refractivity contribution in [1.82, 2.24) is 4.98 Å². The third-order valence-electron chi connectivity index (χ3n) is 2.56. The highest BCUT2D eigenvalue weighted by Gasteiger charge is 2.15. The van der Waals surface area contributed by atoms with Crippen LogP contribution in [0.4, 0.5) is 0 Å². The molecule has 0 saturated carbocycles. The van der Waals surface area contributed by atoms with Crippen molar-refractivity contribution in [2.24, 2.45) is 5.73 Å². The van der Waals surface area contributed by atoms with Crippen LogP contribution in [0.2, 0.25) is 5.02 Å². The normalized spacial score (nSPS) is 10.3. The fourth-order valence-electron chi connectivity index (χ4n) is 1.55. The smallest absolute Gasteiger partial charge is 0.238 e. The second-order valence-electron chi connectivity index (χ2n) is 3.91. The number of pyridine rings is 1. The van der Waals surface area contributed by atoms with Crippen molar-refractivity contribution in [2.45, 2.75) is 0 Å². The summed E-state index contributed by atoms with van der Waals surface area (Å²) in [6.07, 6.45) is 1.48. The molecule has 0 bridgehead atoms. The first-order valence-electron chi connectivity index (χ1n) is 5.63. The number of methoxy groups -OCH3 is 1. The highest BCUT2D eigenvalue weighted by atomic mass is 79.9. The first kappa shape index (κ1) is 16.1. The third kappa shape index (κ3) is 3.48. The molecule has 0 atom stereocenters. The van der Waals surface area contributed by atoms with Gasteiger partial charge in [0.05, 0.1) is 16.1 Å². The predicted octanol–water partition coefficient (Wildman–Crippen LogP) is 4.34. The number of halogens is 3. The molecule has 2 rings (SSSR count). The second-order valence-corrected chi connectivity index (χ2v) is 6.00. The van der Waals surface area contributed by atoms with Crippen LogP contribution in [-0.2, 0) is 0 Å². The first-order valence-corrected chi connectivity index (χ1v) is 7.60. The van der Waals surface area contributed by atoms with Gasteiger partial charge in [0.2, 0.25) is 5.88 Å². The van der Waals surface area contributed by atoms with E-state index in [4.69, 9.17) is 32.2 Å². The minimum Gasteiger partial charge on any atom is -0.496 e. The minimum atomic E-state index is -0.151. The van der Waals surface area contributed by atoms with Gasteiger partial charge < -0.3 is 15.2 Å². The SMILES string of the molecule is COc1cc(Br)c(Oc2nccc(C(=N)N)c2Cl)cc1Br. The molecule has 3 N–H and O–H groups in total. The molecule has 8 heteroatoms. The fraction of sp³-hybridized carbons (Fsp3) is 0.0769. The molecule has 0 unspecified atom stereocenters. The van der Waals surface area contributed by atoms with Crippen LogP contribution in [0, 0.1) is 5.41 Å². The molecule has 110 valence electrons. The summed E-state index contributed by atoms with van der Waals surface area (Å²) in [5, 5.41) is 7.64. The van der Waals surface area contributed by atoms with Crippen molar-refractivity contribution in [3.63, 3.8) is 0 Å². The van der Waals surface area contributed by atoms with Crippen molar-refractivity contribution < 1.29 is 9.47 Å². The molecule has 0 radical (unpaired) electrons. The van der Waals surface area contributed by atoms with Crippen molar-refractivity contribution >= 4 is 49.3 Å². The number of aromatic nitrogens is 1. The van der Waals surface area contributed by atoms with Crippen LogP contribution >= 0.6 is 43.5 Å². The molecule has 0 aliphatic heterocycles. The number of nitrogen functional groups attached to an aromatic ring is 1. The van der Waals surface area contributed by atoms with E-state index >= 15 is 0 Å². The summed E-state index contributed by atoms with van der Waals surface area (Å²) in [6.45, 7) is 0. The van der Waals surface area contributed by atoms with Gasteiger partial charge in [-0.15, -0.1) is 0 Å². The van der Waals surface area contributed by atoms with Gasteiger partial charge in [0.1, 0.15) is 22.4 Å². The van der Waals surface area contributed by atoms with Crippen LogP contribution in [0.15, 0.2) is 33.3 Å². The Morgan fingerprint density at radius 2 is 1.90 bits per heavy atom. The van der Waals surface area contributed by atoms with Crippen molar-refractivity contribution in [3.05, 3.63) is 43.9 Å². The first-order chi connectivity index (χ1) is 9.93. The molecule has 0 amide bonds. The molecule has 21 heavy (non-hydrogen) atoms. The van der Waals surface area contributed by atoms with Gasteiger partial charge in [-0.25, -0.2) is 4.98 Å². The number of benzene rings is 1. The summed E-state index contributed by atoms with van der Waals surface area (Å²) in [5.41, 5.74) is 5.82. The lowest BCUT2D eigenvalue weighted by Gasteiger charge is -2.12. The van der Waals surface area contributed by atoms with E-state index in [-0.39, 0.29) is 16.7 Å². The molecule has 0 saturated heterocycles. The molecule has 1 aromatic heterocycles. The molecule has 1 aromatic carbocycles. The van der Waals surface area contributed by atoms with Crippen LogP contribution in [0.1, 0.15) is 5.56 Å². The maximum absolute atomic E-state index is 7.46. The van der Waals surface area contributed by atoms with E-state index in [2.05, 4.69) is 36.8 Å². The number of nitrogens with one attached hydrogen (secondary N) is 1. The number of nitrogens with two attached hydrogens (primary N) is 1. The average molecular weight is 436 g/mol. The molecular formula is C13H10Br2ClN3O2. The number of amidine groups is 1. The quantitative estimate of drug-likeness (QED) is 0.553. The molecule has 2 aromatic rings. The van der Waals surface area contributed by atoms with Crippen molar-refractivity contribution in [3.8, 4) is 17.4 Å². The third-order valence-corrected chi connectivity index (χ3v) is 4.17. The van der Waals surface area contributed by atoms with Crippen LogP contribution in [0.3, 0.4) is 0 Å². The molecule has 0 fully saturated rings. The largest absolute Gasteiger partial charge is 0.496 e. The van der Waals surface area contributed by atoms with Gasteiger partial charge in [0.15, 0.2) is 0 Å². The number of nitrogens with zero attached hydrogens (tertiary/aromatic N) is 1. The Morgan fingerprint density at radius 1 is 1.29 bits per heavy atom. The zero-order valence-corrected chi connectivity index (χ0v) is 14.7. The van der Waals surface area contributed by atoms with Gasteiger partial charge in [-0.05, 0) is 50.1 Å². The maximum Gasteiger partial charge on any atom is 0.238 e. The van der Waals surface area contributed by atoms with Gasteiger partial charge in [0, 0.05) is 11.8 Å². The number of hydrogen-bond donors (Lipinski definition) is 2. The monoisotopic (exact) mass is 433 g/mol. The lowest BCUT2D eigenvalue weighted by atomic mass is 10.2. The van der Waals surface area contributed by atoms with E-state index in [0.717, 1.165) is 4.47 Å². The van der Waals surface area contributed by atoms with Gasteiger partial charge in [-0.1, -0.05) is 11.6 Å². The minimum absolute atomic E-state index is 0.151. The van der Waals surface area contributed by atoms with E-state index in [1.807, 2.05) is 0 Å². The Morgan fingerprint density at radius 3 is 2.52 bits per heavy atom. The molecular weight excluding hydrogens is 425 g/mol. The lowest BCUT2D eigenvalue weighted by molar-refractivity contribution is 0.408. The zero-order chi connectivity index (χ0) is 15.6.